The molecule has 16 aromatic carbocycles. The van der Waals surface area contributed by atoms with Crippen molar-refractivity contribution in [3.63, 3.8) is 0 Å². The van der Waals surface area contributed by atoms with Crippen LogP contribution >= 0.6 is 0 Å². The average Bonchev–Trinajstić information content (AvgIpc) is 1.52. The highest BCUT2D eigenvalue weighted by Crippen LogP contribution is 2.54. The molecule has 0 atom stereocenters. The maximum atomic E-state index is 2.75. The van der Waals surface area contributed by atoms with Gasteiger partial charge in [-0.2, -0.15) is 0 Å². The molecule has 6 heterocycles. The summed E-state index contributed by atoms with van der Waals surface area (Å²) in [5, 5.41) is 19.1. The Balaban J connectivity index is 1.00. The minimum Gasteiger partial charge on any atom is -0.311 e. The number of fused-ring (bicyclic) bond motifs is 24. The van der Waals surface area contributed by atoms with Gasteiger partial charge in [-0.15, -0.1) is 0 Å². The van der Waals surface area contributed by atoms with E-state index in [4.69, 9.17) is 0 Å². The molecule has 20 aromatic rings. The second-order valence-electron chi connectivity index (χ2n) is 39.6. The molecule has 2 aliphatic heterocycles. The van der Waals surface area contributed by atoms with E-state index in [9.17, 15) is 0 Å². The molecule has 0 spiro atoms. The highest BCUT2D eigenvalue weighted by Gasteiger charge is 2.46. The minimum absolute atomic E-state index is 0.0665. The van der Waals surface area contributed by atoms with Crippen molar-refractivity contribution < 1.29 is 0 Å². The van der Waals surface area contributed by atoms with Crippen molar-refractivity contribution in [1.82, 2.24) is 8.80 Å². The Morgan fingerprint density at radius 2 is 0.463 bits per heavy atom. The number of hydrogen-bond donors (Lipinski definition) is 0. The monoisotopic (exact) mass is 1560 g/mol. The van der Waals surface area contributed by atoms with Gasteiger partial charge in [-0.1, -0.05) is 371 Å². The van der Waals surface area contributed by atoms with Crippen LogP contribution < -0.4 is 26.2 Å². The first kappa shape index (κ1) is 74.1. The Kier molecular flexibility index (Phi) is 16.3. The Hall–Kier alpha value is -13.2. The van der Waals surface area contributed by atoms with Crippen molar-refractivity contribution in [1.29, 1.82) is 0 Å². The van der Waals surface area contributed by atoms with Crippen LogP contribution in [0.5, 0.6) is 0 Å². The van der Waals surface area contributed by atoms with E-state index in [-0.39, 0.29) is 33.8 Å². The van der Waals surface area contributed by atoms with Gasteiger partial charge in [-0.25, -0.2) is 0 Å². The first-order valence-electron chi connectivity index (χ1n) is 43.4. The lowest BCUT2D eigenvalue weighted by Gasteiger charge is -2.45. The fourth-order valence-electron chi connectivity index (χ4n) is 20.7. The lowest BCUT2D eigenvalue weighted by atomic mass is 9.33. The predicted octanol–water partition coefficient (Wildman–Crippen LogP) is 30.4. The third-order valence-corrected chi connectivity index (χ3v) is 27.0. The van der Waals surface area contributed by atoms with E-state index >= 15 is 0 Å². The molecule has 0 aliphatic carbocycles. The summed E-state index contributed by atoms with van der Waals surface area (Å²) in [5.74, 6) is 0. The van der Waals surface area contributed by atoms with Crippen LogP contribution in [0.1, 0.15) is 132 Å². The normalized spacial score (nSPS) is 13.4. The number of anilines is 6. The number of aromatic nitrogens is 2. The van der Waals surface area contributed by atoms with Gasteiger partial charge in [-0.3, -0.25) is 0 Å². The lowest BCUT2D eigenvalue weighted by molar-refractivity contribution is 0.589. The number of rotatable bonds is 5. The van der Waals surface area contributed by atoms with Gasteiger partial charge >= 0.3 is 0 Å². The van der Waals surface area contributed by atoms with E-state index in [0.29, 0.717) is 0 Å². The molecule has 5 heteroatoms. The number of benzene rings is 16. The van der Waals surface area contributed by atoms with E-state index in [1.807, 2.05) is 0 Å². The predicted molar refractivity (Wildman–Crippen MR) is 525 cm³/mol. The quantitative estimate of drug-likeness (QED) is 0.160. The molecule has 121 heavy (non-hydrogen) atoms. The third-order valence-electron chi connectivity index (χ3n) is 27.0. The van der Waals surface area contributed by atoms with E-state index in [0.717, 1.165) is 89.2 Å². The van der Waals surface area contributed by atoms with Crippen molar-refractivity contribution in [3.05, 3.63) is 355 Å². The first-order chi connectivity index (χ1) is 58.2. The second-order valence-corrected chi connectivity index (χ2v) is 39.6. The zero-order chi connectivity index (χ0) is 82.8. The van der Waals surface area contributed by atoms with Crippen molar-refractivity contribution >= 4 is 177 Å². The molecule has 0 saturated carbocycles. The Morgan fingerprint density at radius 1 is 0.190 bits per heavy atom. The largest absolute Gasteiger partial charge is 0.311 e. The van der Waals surface area contributed by atoms with Gasteiger partial charge < -0.3 is 18.6 Å². The van der Waals surface area contributed by atoms with Gasteiger partial charge in [0.2, 0.25) is 0 Å². The van der Waals surface area contributed by atoms with E-state index in [2.05, 4.69) is 450 Å². The second kappa shape index (κ2) is 26.6. The zero-order valence-corrected chi connectivity index (χ0v) is 72.0. The van der Waals surface area contributed by atoms with Crippen LogP contribution in [0.4, 0.5) is 34.1 Å². The summed E-state index contributed by atoms with van der Waals surface area (Å²) < 4.78 is 5.31. The van der Waals surface area contributed by atoms with E-state index in [1.165, 1.54) is 142 Å². The summed E-state index contributed by atoms with van der Waals surface area (Å²) in [4.78, 5) is 5.50. The minimum atomic E-state index is -0.385. The molecule has 0 unspecified atom stereocenters. The molecule has 0 saturated heterocycles. The fraction of sp³-hybridized carbons (Fsp3) is 0.172. The molecule has 0 N–H and O–H groups in total. The molecular weight excluding hydrogens is 1460 g/mol. The molecule has 4 nitrogen and oxygen atoms in total. The summed E-state index contributed by atoms with van der Waals surface area (Å²) in [7, 11) is 0. The molecule has 4 aromatic heterocycles. The standard InChI is InChI=1S/C116H99BN4/c1-112(2,3)74-52-46-70(47-53-74)73-62-107-109-108(63-73)119(102-61-59-78(116(13,14)15)65-94(102)72-50-56-76(57-51-72)114(7,8)9)106-69-104-96(86-37-23-19-33-82(86)80-31-17-21-35-84(80)90-41-29-43-92-88-39-25-27-45-100(88)121(104)111(90)92)67-98(106)117(109)97-66-95-85-36-22-18-32-81(85)79-30-16-20-34-83(79)89-40-28-42-91-87-38-24-26-44-99(87)120(110(89)91)103(95)68-105(97)118(107)101-60-58-77(115(10,11)12)64-93(101)71-48-54-75(55-49-71)113(4,5)6/h16-69H,1-15H3. The maximum absolute atomic E-state index is 2.75. The van der Waals surface area contributed by atoms with Crippen molar-refractivity contribution in [2.45, 2.75) is 131 Å². The zero-order valence-electron chi connectivity index (χ0n) is 72.0. The smallest absolute Gasteiger partial charge is 0.252 e. The van der Waals surface area contributed by atoms with Crippen LogP contribution in [-0.4, -0.2) is 15.5 Å². The summed E-state index contributed by atoms with van der Waals surface area (Å²) in [6.07, 6.45) is 0. The Morgan fingerprint density at radius 3 is 0.793 bits per heavy atom. The first-order valence-corrected chi connectivity index (χ1v) is 43.4. The fourth-order valence-corrected chi connectivity index (χ4v) is 20.7. The topological polar surface area (TPSA) is 15.3 Å². The van der Waals surface area contributed by atoms with Gasteiger partial charge in [0.1, 0.15) is 0 Å². The molecule has 586 valence electrons. The Labute approximate surface area is 710 Å². The van der Waals surface area contributed by atoms with Gasteiger partial charge in [0.25, 0.3) is 6.71 Å². The van der Waals surface area contributed by atoms with Crippen LogP contribution in [0.2, 0.25) is 0 Å². The Bertz CT molecular complexity index is 7460. The molecule has 0 fully saturated rings. The molecule has 0 amide bonds. The molecule has 0 radical (unpaired) electrons. The van der Waals surface area contributed by atoms with Crippen molar-refractivity contribution in [3.8, 4) is 33.4 Å². The summed E-state index contributed by atoms with van der Waals surface area (Å²) >= 11 is 0. The number of hydrogen-bond acceptors (Lipinski definition) is 2. The van der Waals surface area contributed by atoms with Gasteiger partial charge in [0.15, 0.2) is 0 Å². The maximum Gasteiger partial charge on any atom is 0.252 e. The van der Waals surface area contributed by atoms with Crippen LogP contribution in [0.3, 0.4) is 0 Å². The van der Waals surface area contributed by atoms with Crippen molar-refractivity contribution in [2.75, 3.05) is 9.80 Å². The van der Waals surface area contributed by atoms with Crippen LogP contribution in [-0.2, 0) is 27.1 Å². The number of nitrogens with zero attached hydrogens (tertiary/aromatic N) is 4. The van der Waals surface area contributed by atoms with E-state index in [1.54, 1.807) is 0 Å². The van der Waals surface area contributed by atoms with E-state index < -0.39 is 0 Å². The SMILES string of the molecule is CC(C)(C)c1ccc(-c2cc3c4c(c2)N(c2ccc(C(C)(C)C)cc2-c2ccc(C(C)(C)C)cc2)c2cc5c(cc2B4c2cc4c6ccccc6c6ccccc6c6cccc7c8ccccc8n(c4cc2N3c2ccc(C(C)(C)C)cc2-c2ccc(C(C)(C)C)cc2)c67)c2ccccc2c2ccccc2c2cccc3c4ccccc4n5c23)cc1. The molecule has 22 rings (SSSR count). The van der Waals surface area contributed by atoms with Gasteiger partial charge in [0.05, 0.1) is 44.5 Å². The van der Waals surface area contributed by atoms with Gasteiger partial charge in [0, 0.05) is 77.0 Å². The third kappa shape index (κ3) is 11.5. The van der Waals surface area contributed by atoms with Crippen molar-refractivity contribution in [2.24, 2.45) is 0 Å². The summed E-state index contributed by atoms with van der Waals surface area (Å²) in [5.41, 5.74) is 30.1. The molecule has 2 aliphatic rings. The summed E-state index contributed by atoms with van der Waals surface area (Å²) in [6, 6.07) is 129. The van der Waals surface area contributed by atoms with Crippen LogP contribution in [0.25, 0.3) is 153 Å². The highest BCUT2D eigenvalue weighted by atomic mass is 15.2. The lowest BCUT2D eigenvalue weighted by Crippen LogP contribution is -2.61. The highest BCUT2D eigenvalue weighted by molar-refractivity contribution is 7.00. The van der Waals surface area contributed by atoms with Gasteiger partial charge in [-0.05, 0) is 197 Å². The molecule has 0 bridgehead atoms. The molecular formula is C116H99BN4. The van der Waals surface area contributed by atoms with Crippen LogP contribution in [0, 0.1) is 0 Å². The summed E-state index contributed by atoms with van der Waals surface area (Å²) in [6.45, 7) is 34.8. The number of para-hydroxylation sites is 4. The van der Waals surface area contributed by atoms with Crippen LogP contribution in [0.15, 0.2) is 328 Å². The average molecular weight is 1560 g/mol.